The van der Waals surface area contributed by atoms with Gasteiger partial charge in [-0.05, 0) is 31.0 Å². The summed E-state index contributed by atoms with van der Waals surface area (Å²) in [7, 11) is 1.54. The van der Waals surface area contributed by atoms with Crippen LogP contribution in [0.15, 0.2) is 18.2 Å². The third-order valence-corrected chi connectivity index (χ3v) is 3.65. The lowest BCUT2D eigenvalue weighted by atomic mass is 10.1. The van der Waals surface area contributed by atoms with Crippen LogP contribution >= 0.6 is 0 Å². The standard InChI is InChI=1S/C14H20N2O3/c1-19-10-5-6-12(15)11(7-10)14(18)16-8-9-3-2-4-13(9)17/h5-7,9,13,17H,2-4,8,15H2,1H3,(H,16,18). The number of hydrogen-bond acceptors (Lipinski definition) is 4. The zero-order chi connectivity index (χ0) is 13.8. The molecule has 0 radical (unpaired) electrons. The molecular weight excluding hydrogens is 244 g/mol. The number of amides is 1. The van der Waals surface area contributed by atoms with E-state index in [1.807, 2.05) is 0 Å². The first-order valence-corrected chi connectivity index (χ1v) is 6.51. The van der Waals surface area contributed by atoms with Crippen LogP contribution in [0.4, 0.5) is 5.69 Å². The molecule has 19 heavy (non-hydrogen) atoms. The van der Waals surface area contributed by atoms with Gasteiger partial charge in [-0.2, -0.15) is 0 Å². The third kappa shape index (κ3) is 3.17. The molecule has 1 aliphatic carbocycles. The van der Waals surface area contributed by atoms with Crippen molar-refractivity contribution in [2.75, 3.05) is 19.4 Å². The molecular formula is C14H20N2O3. The van der Waals surface area contributed by atoms with E-state index in [-0.39, 0.29) is 17.9 Å². The van der Waals surface area contributed by atoms with Crippen LogP contribution < -0.4 is 15.8 Å². The van der Waals surface area contributed by atoms with E-state index in [0.717, 1.165) is 19.3 Å². The minimum Gasteiger partial charge on any atom is -0.497 e. The van der Waals surface area contributed by atoms with Gasteiger partial charge in [0.05, 0.1) is 18.8 Å². The molecule has 2 rings (SSSR count). The lowest BCUT2D eigenvalue weighted by molar-refractivity contribution is 0.0917. The first-order chi connectivity index (χ1) is 9.11. The highest BCUT2D eigenvalue weighted by atomic mass is 16.5. The molecule has 1 amide bonds. The van der Waals surface area contributed by atoms with Crippen LogP contribution in [0.3, 0.4) is 0 Å². The Bertz CT molecular complexity index is 462. The van der Waals surface area contributed by atoms with Gasteiger partial charge in [-0.15, -0.1) is 0 Å². The van der Waals surface area contributed by atoms with Crippen molar-refractivity contribution in [2.45, 2.75) is 25.4 Å². The number of methoxy groups -OCH3 is 1. The van der Waals surface area contributed by atoms with Crippen molar-refractivity contribution in [3.63, 3.8) is 0 Å². The minimum atomic E-state index is -0.303. The van der Waals surface area contributed by atoms with Gasteiger partial charge in [0, 0.05) is 18.2 Å². The van der Waals surface area contributed by atoms with Gasteiger partial charge in [0.2, 0.25) is 0 Å². The van der Waals surface area contributed by atoms with E-state index in [2.05, 4.69) is 5.32 Å². The number of nitrogen functional groups attached to an aromatic ring is 1. The second kappa shape index (κ2) is 5.93. The molecule has 1 aromatic carbocycles. The fourth-order valence-corrected chi connectivity index (χ4v) is 2.43. The molecule has 5 heteroatoms. The van der Waals surface area contributed by atoms with Crippen LogP contribution in [-0.4, -0.2) is 30.8 Å². The summed E-state index contributed by atoms with van der Waals surface area (Å²) in [6.07, 6.45) is 2.49. The topological polar surface area (TPSA) is 84.6 Å². The second-order valence-electron chi connectivity index (χ2n) is 4.92. The predicted octanol–water partition coefficient (Wildman–Crippen LogP) is 1.17. The van der Waals surface area contributed by atoms with E-state index < -0.39 is 0 Å². The summed E-state index contributed by atoms with van der Waals surface area (Å²) < 4.78 is 5.08. The van der Waals surface area contributed by atoms with Gasteiger partial charge in [0.15, 0.2) is 0 Å². The number of nitrogens with one attached hydrogen (secondary N) is 1. The molecule has 0 bridgehead atoms. The van der Waals surface area contributed by atoms with Crippen molar-refractivity contribution in [1.29, 1.82) is 0 Å². The Morgan fingerprint density at radius 2 is 2.32 bits per heavy atom. The second-order valence-corrected chi connectivity index (χ2v) is 4.92. The molecule has 0 aromatic heterocycles. The quantitative estimate of drug-likeness (QED) is 0.713. The molecule has 5 nitrogen and oxygen atoms in total. The van der Waals surface area contributed by atoms with Crippen LogP contribution in [0.25, 0.3) is 0 Å². The zero-order valence-electron chi connectivity index (χ0n) is 11.1. The Labute approximate surface area is 112 Å². The first-order valence-electron chi connectivity index (χ1n) is 6.51. The van der Waals surface area contributed by atoms with Gasteiger partial charge in [0.1, 0.15) is 5.75 Å². The van der Waals surface area contributed by atoms with Crippen LogP contribution in [-0.2, 0) is 0 Å². The number of carbonyl (C=O) groups excluding carboxylic acids is 1. The third-order valence-electron chi connectivity index (χ3n) is 3.65. The highest BCUT2D eigenvalue weighted by Crippen LogP contribution is 2.25. The summed E-state index contributed by atoms with van der Waals surface area (Å²) in [6.45, 7) is 0.483. The number of nitrogens with two attached hydrogens (primary N) is 1. The van der Waals surface area contributed by atoms with E-state index in [4.69, 9.17) is 10.5 Å². The van der Waals surface area contributed by atoms with Crippen molar-refractivity contribution >= 4 is 11.6 Å². The average molecular weight is 264 g/mol. The summed E-state index contributed by atoms with van der Waals surface area (Å²) in [5.74, 6) is 0.520. The normalized spacial score (nSPS) is 22.2. The maximum atomic E-state index is 12.1. The minimum absolute atomic E-state index is 0.149. The van der Waals surface area contributed by atoms with Gasteiger partial charge in [-0.25, -0.2) is 0 Å². The number of carbonyl (C=O) groups is 1. The molecule has 1 saturated carbocycles. The summed E-state index contributed by atoms with van der Waals surface area (Å²) in [5, 5.41) is 12.5. The number of hydrogen-bond donors (Lipinski definition) is 3. The zero-order valence-corrected chi connectivity index (χ0v) is 11.1. The Kier molecular flexibility index (Phi) is 4.27. The Balaban J connectivity index is 1.99. The van der Waals surface area contributed by atoms with Gasteiger partial charge in [0.25, 0.3) is 5.91 Å². The molecule has 1 fully saturated rings. The predicted molar refractivity (Wildman–Crippen MR) is 73.1 cm³/mol. The molecule has 0 heterocycles. The molecule has 0 aliphatic heterocycles. The highest BCUT2D eigenvalue weighted by Gasteiger charge is 2.25. The highest BCUT2D eigenvalue weighted by molar-refractivity contribution is 5.99. The monoisotopic (exact) mass is 264 g/mol. The number of aliphatic hydroxyl groups is 1. The number of anilines is 1. The fraction of sp³-hybridized carbons (Fsp3) is 0.500. The van der Waals surface area contributed by atoms with E-state index >= 15 is 0 Å². The summed E-state index contributed by atoms with van der Waals surface area (Å²) in [4.78, 5) is 12.1. The van der Waals surface area contributed by atoms with Gasteiger partial charge in [-0.3, -0.25) is 4.79 Å². The largest absolute Gasteiger partial charge is 0.497 e. The molecule has 1 aromatic rings. The van der Waals surface area contributed by atoms with E-state index in [9.17, 15) is 9.90 Å². The van der Waals surface area contributed by atoms with Gasteiger partial charge in [-0.1, -0.05) is 6.42 Å². The number of ether oxygens (including phenoxy) is 1. The van der Waals surface area contributed by atoms with Crippen LogP contribution in [0.1, 0.15) is 29.6 Å². The van der Waals surface area contributed by atoms with Crippen molar-refractivity contribution < 1.29 is 14.6 Å². The maximum Gasteiger partial charge on any atom is 0.253 e. The van der Waals surface area contributed by atoms with Gasteiger partial charge >= 0.3 is 0 Å². The average Bonchev–Trinajstić information content (AvgIpc) is 2.82. The first kappa shape index (κ1) is 13.7. The van der Waals surface area contributed by atoms with Crippen LogP contribution in [0, 0.1) is 5.92 Å². The molecule has 2 atom stereocenters. The van der Waals surface area contributed by atoms with Crippen LogP contribution in [0.5, 0.6) is 5.75 Å². The smallest absolute Gasteiger partial charge is 0.253 e. The number of benzene rings is 1. The van der Waals surface area contributed by atoms with Crippen molar-refractivity contribution in [2.24, 2.45) is 5.92 Å². The van der Waals surface area contributed by atoms with Crippen molar-refractivity contribution in [3.8, 4) is 5.75 Å². The van der Waals surface area contributed by atoms with Gasteiger partial charge < -0.3 is 20.9 Å². The lowest BCUT2D eigenvalue weighted by Gasteiger charge is -2.15. The number of aliphatic hydroxyl groups excluding tert-OH is 1. The molecule has 0 saturated heterocycles. The Morgan fingerprint density at radius 1 is 1.53 bits per heavy atom. The SMILES string of the molecule is COc1ccc(N)c(C(=O)NCC2CCCC2O)c1. The molecule has 4 N–H and O–H groups in total. The molecule has 0 spiro atoms. The summed E-state index contributed by atoms with van der Waals surface area (Å²) in [5.41, 5.74) is 6.62. The summed E-state index contributed by atoms with van der Waals surface area (Å²) in [6, 6.07) is 4.99. The summed E-state index contributed by atoms with van der Waals surface area (Å²) >= 11 is 0. The molecule has 104 valence electrons. The van der Waals surface area contributed by atoms with E-state index in [1.54, 1.807) is 25.3 Å². The maximum absolute atomic E-state index is 12.1. The fourth-order valence-electron chi connectivity index (χ4n) is 2.43. The lowest BCUT2D eigenvalue weighted by Crippen LogP contribution is -2.32. The Hall–Kier alpha value is -1.75. The van der Waals surface area contributed by atoms with Crippen molar-refractivity contribution in [3.05, 3.63) is 23.8 Å². The number of rotatable bonds is 4. The molecule has 1 aliphatic rings. The molecule has 2 unspecified atom stereocenters. The van der Waals surface area contributed by atoms with E-state index in [0.29, 0.717) is 23.5 Å². The van der Waals surface area contributed by atoms with Crippen molar-refractivity contribution in [1.82, 2.24) is 5.32 Å². The van der Waals surface area contributed by atoms with E-state index in [1.165, 1.54) is 0 Å². The Morgan fingerprint density at radius 3 is 2.95 bits per heavy atom. The van der Waals surface area contributed by atoms with Crippen LogP contribution in [0.2, 0.25) is 0 Å².